The largest absolute Gasteiger partial charge is 0.303 e. The molecule has 110 valence electrons. The molecule has 1 aromatic carbocycles. The van der Waals surface area contributed by atoms with E-state index in [0.717, 1.165) is 12.0 Å². The van der Waals surface area contributed by atoms with Gasteiger partial charge in [0.15, 0.2) is 5.11 Å². The molecule has 1 heterocycles. The minimum absolute atomic E-state index is 0.183. The average Bonchev–Trinajstić information content (AvgIpc) is 2.87. The SMILES string of the molecule is CCCn1nnnc1NC(=S)NC(=O)Cc1ccccc1. The van der Waals surface area contributed by atoms with E-state index < -0.39 is 0 Å². The fourth-order valence-electron chi connectivity index (χ4n) is 1.74. The molecule has 0 fully saturated rings. The number of nitrogens with one attached hydrogen (secondary N) is 2. The fraction of sp³-hybridized carbons (Fsp3) is 0.308. The van der Waals surface area contributed by atoms with E-state index in [0.29, 0.717) is 12.5 Å². The summed E-state index contributed by atoms with van der Waals surface area (Å²) in [5.41, 5.74) is 0.925. The van der Waals surface area contributed by atoms with E-state index >= 15 is 0 Å². The third-order valence-corrected chi connectivity index (χ3v) is 2.86. The Morgan fingerprint density at radius 1 is 1.33 bits per heavy atom. The highest BCUT2D eigenvalue weighted by Gasteiger charge is 2.10. The van der Waals surface area contributed by atoms with Crippen LogP contribution >= 0.6 is 12.2 Å². The summed E-state index contributed by atoms with van der Waals surface area (Å²) in [6.45, 7) is 2.70. The van der Waals surface area contributed by atoms with Crippen molar-refractivity contribution in [2.75, 3.05) is 5.32 Å². The summed E-state index contributed by atoms with van der Waals surface area (Å²) in [6, 6.07) is 9.45. The van der Waals surface area contributed by atoms with Crippen LogP contribution in [-0.4, -0.2) is 31.2 Å². The summed E-state index contributed by atoms with van der Waals surface area (Å²) in [6.07, 6.45) is 1.16. The highest BCUT2D eigenvalue weighted by Crippen LogP contribution is 2.01. The van der Waals surface area contributed by atoms with Crippen LogP contribution in [0.15, 0.2) is 30.3 Å². The molecule has 0 aliphatic heterocycles. The third-order valence-electron chi connectivity index (χ3n) is 2.65. The Kier molecular flexibility index (Phi) is 5.33. The van der Waals surface area contributed by atoms with E-state index in [1.807, 2.05) is 37.3 Å². The number of aryl methyl sites for hydroxylation is 1. The molecule has 1 amide bonds. The number of hydrogen-bond acceptors (Lipinski definition) is 5. The first-order chi connectivity index (χ1) is 10.2. The number of thiocarbonyl (C=S) groups is 1. The van der Waals surface area contributed by atoms with Crippen molar-refractivity contribution in [1.82, 2.24) is 25.5 Å². The average molecular weight is 304 g/mol. The minimum atomic E-state index is -0.187. The van der Waals surface area contributed by atoms with Gasteiger partial charge in [-0.05, 0) is 34.6 Å². The lowest BCUT2D eigenvalue weighted by Crippen LogP contribution is -2.36. The summed E-state index contributed by atoms with van der Waals surface area (Å²) in [7, 11) is 0. The third kappa shape index (κ3) is 4.60. The molecule has 7 nitrogen and oxygen atoms in total. The summed E-state index contributed by atoms with van der Waals surface area (Å²) < 4.78 is 1.59. The van der Waals surface area contributed by atoms with E-state index in [2.05, 4.69) is 26.2 Å². The Bertz CT molecular complexity index is 612. The quantitative estimate of drug-likeness (QED) is 0.806. The molecule has 0 saturated carbocycles. The monoisotopic (exact) mass is 304 g/mol. The van der Waals surface area contributed by atoms with Crippen LogP contribution in [0.2, 0.25) is 0 Å². The molecule has 21 heavy (non-hydrogen) atoms. The second-order valence-corrected chi connectivity index (χ2v) is 4.80. The second-order valence-electron chi connectivity index (χ2n) is 4.39. The first kappa shape index (κ1) is 15.0. The van der Waals surface area contributed by atoms with Crippen molar-refractivity contribution in [2.45, 2.75) is 26.3 Å². The van der Waals surface area contributed by atoms with Crippen LogP contribution in [0.3, 0.4) is 0 Å². The van der Waals surface area contributed by atoms with Gasteiger partial charge >= 0.3 is 0 Å². The van der Waals surface area contributed by atoms with Gasteiger partial charge in [-0.15, -0.1) is 0 Å². The zero-order valence-corrected chi connectivity index (χ0v) is 12.4. The Morgan fingerprint density at radius 2 is 2.10 bits per heavy atom. The fourth-order valence-corrected chi connectivity index (χ4v) is 1.95. The van der Waals surface area contributed by atoms with Gasteiger partial charge in [-0.3, -0.25) is 10.1 Å². The van der Waals surface area contributed by atoms with Gasteiger partial charge in [0, 0.05) is 6.54 Å². The first-order valence-corrected chi connectivity index (χ1v) is 7.00. The van der Waals surface area contributed by atoms with Gasteiger partial charge in [0.25, 0.3) is 0 Å². The summed E-state index contributed by atoms with van der Waals surface area (Å²) >= 11 is 5.09. The lowest BCUT2D eigenvalue weighted by molar-refractivity contribution is -0.119. The maximum atomic E-state index is 11.9. The number of tetrazole rings is 1. The van der Waals surface area contributed by atoms with Crippen molar-refractivity contribution in [3.63, 3.8) is 0 Å². The molecule has 0 unspecified atom stereocenters. The molecule has 0 atom stereocenters. The molecule has 2 aromatic rings. The van der Waals surface area contributed by atoms with Crippen LogP contribution in [0.1, 0.15) is 18.9 Å². The standard InChI is InChI=1S/C13H16N6OS/c1-2-8-19-12(16-17-18-19)15-13(21)14-11(20)9-10-6-4-3-5-7-10/h3-7H,2,8-9H2,1H3,(H2,14,15,16,18,20,21). The number of hydrogen-bond donors (Lipinski definition) is 2. The molecule has 8 heteroatoms. The van der Waals surface area contributed by atoms with Gasteiger partial charge < -0.3 is 5.32 Å². The second kappa shape index (κ2) is 7.44. The Labute approximate surface area is 127 Å². The molecular formula is C13H16N6OS. The zero-order valence-electron chi connectivity index (χ0n) is 11.6. The van der Waals surface area contributed by atoms with Gasteiger partial charge in [-0.1, -0.05) is 42.4 Å². The number of carbonyl (C=O) groups is 1. The minimum Gasteiger partial charge on any atom is -0.303 e. The molecule has 0 radical (unpaired) electrons. The first-order valence-electron chi connectivity index (χ1n) is 6.60. The zero-order chi connectivity index (χ0) is 15.1. The van der Waals surface area contributed by atoms with Crippen LogP contribution in [0.4, 0.5) is 5.95 Å². The predicted molar refractivity (Wildman–Crippen MR) is 82.6 cm³/mol. The van der Waals surface area contributed by atoms with Gasteiger partial charge in [0.2, 0.25) is 11.9 Å². The van der Waals surface area contributed by atoms with E-state index in [9.17, 15) is 4.79 Å². The summed E-state index contributed by atoms with van der Waals surface area (Å²) in [4.78, 5) is 11.9. The molecule has 0 saturated heterocycles. The lowest BCUT2D eigenvalue weighted by Gasteiger charge is -2.09. The predicted octanol–water partition coefficient (Wildman–Crippen LogP) is 1.14. The highest BCUT2D eigenvalue weighted by molar-refractivity contribution is 7.80. The lowest BCUT2D eigenvalue weighted by atomic mass is 10.1. The molecule has 0 aliphatic carbocycles. The number of rotatable bonds is 5. The van der Waals surface area contributed by atoms with Crippen molar-refractivity contribution in [1.29, 1.82) is 0 Å². The van der Waals surface area contributed by atoms with E-state index in [4.69, 9.17) is 12.2 Å². The Balaban J connectivity index is 1.86. The Hall–Kier alpha value is -2.35. The Morgan fingerprint density at radius 3 is 2.81 bits per heavy atom. The van der Waals surface area contributed by atoms with Gasteiger partial charge in [0.1, 0.15) is 0 Å². The van der Waals surface area contributed by atoms with E-state index in [-0.39, 0.29) is 17.4 Å². The maximum Gasteiger partial charge on any atom is 0.249 e. The summed E-state index contributed by atoms with van der Waals surface area (Å²) in [5, 5.41) is 16.8. The smallest absolute Gasteiger partial charge is 0.249 e. The van der Waals surface area contributed by atoms with Gasteiger partial charge in [-0.2, -0.15) is 0 Å². The van der Waals surface area contributed by atoms with Crippen molar-refractivity contribution in [2.24, 2.45) is 0 Å². The number of aromatic nitrogens is 4. The number of anilines is 1. The highest BCUT2D eigenvalue weighted by atomic mass is 32.1. The molecule has 2 N–H and O–H groups in total. The van der Waals surface area contributed by atoms with Crippen molar-refractivity contribution >= 4 is 29.2 Å². The van der Waals surface area contributed by atoms with Crippen LogP contribution in [0.5, 0.6) is 0 Å². The van der Waals surface area contributed by atoms with Crippen LogP contribution in [0, 0.1) is 0 Å². The number of nitrogens with zero attached hydrogens (tertiary/aromatic N) is 4. The number of benzene rings is 1. The molecule has 2 rings (SSSR count). The molecule has 0 bridgehead atoms. The van der Waals surface area contributed by atoms with Crippen molar-refractivity contribution in [3.05, 3.63) is 35.9 Å². The number of amides is 1. The normalized spacial score (nSPS) is 10.1. The van der Waals surface area contributed by atoms with Crippen LogP contribution in [0.25, 0.3) is 0 Å². The molecule has 0 spiro atoms. The molecule has 0 aliphatic rings. The molecular weight excluding hydrogens is 288 g/mol. The van der Waals surface area contributed by atoms with Gasteiger partial charge in [0.05, 0.1) is 6.42 Å². The van der Waals surface area contributed by atoms with Gasteiger partial charge in [-0.25, -0.2) is 4.68 Å². The van der Waals surface area contributed by atoms with E-state index in [1.165, 1.54) is 0 Å². The maximum absolute atomic E-state index is 11.9. The van der Waals surface area contributed by atoms with Crippen molar-refractivity contribution in [3.8, 4) is 0 Å². The molecule has 1 aromatic heterocycles. The topological polar surface area (TPSA) is 84.7 Å². The van der Waals surface area contributed by atoms with Crippen molar-refractivity contribution < 1.29 is 4.79 Å². The van der Waals surface area contributed by atoms with Crippen LogP contribution < -0.4 is 10.6 Å². The number of carbonyl (C=O) groups excluding carboxylic acids is 1. The van der Waals surface area contributed by atoms with E-state index in [1.54, 1.807) is 4.68 Å². The summed E-state index contributed by atoms with van der Waals surface area (Å²) in [5.74, 6) is 0.232. The van der Waals surface area contributed by atoms with Crippen LogP contribution in [-0.2, 0) is 17.8 Å².